The summed E-state index contributed by atoms with van der Waals surface area (Å²) in [4.78, 5) is 32.5. The standard InChI is InChI=1S/C23H24N4O3S/c28-20-13-16(22(29)24-17-7-2-1-3-8-17)14-27(20)18-9-4-6-15(12-18)21-25-23(30-26-21)19-10-5-11-31-19/h4-6,9-12,16-17H,1-3,7-8,13-14H2,(H,24,29)/t16-/m0/s1. The van der Waals surface area contributed by atoms with E-state index in [2.05, 4.69) is 15.5 Å². The van der Waals surface area contributed by atoms with Gasteiger partial charge in [-0.1, -0.05) is 42.6 Å². The summed E-state index contributed by atoms with van der Waals surface area (Å²) < 4.78 is 5.39. The molecular weight excluding hydrogens is 412 g/mol. The van der Waals surface area contributed by atoms with Gasteiger partial charge in [-0.25, -0.2) is 0 Å². The molecule has 0 bridgehead atoms. The molecule has 2 amide bonds. The van der Waals surface area contributed by atoms with Crippen molar-refractivity contribution in [2.24, 2.45) is 5.92 Å². The summed E-state index contributed by atoms with van der Waals surface area (Å²) in [6, 6.07) is 11.6. The molecule has 5 rings (SSSR count). The van der Waals surface area contributed by atoms with Gasteiger partial charge in [0.1, 0.15) is 0 Å². The molecule has 3 aromatic rings. The van der Waals surface area contributed by atoms with Crippen LogP contribution in [-0.2, 0) is 9.59 Å². The van der Waals surface area contributed by atoms with Crippen LogP contribution >= 0.6 is 11.3 Å². The summed E-state index contributed by atoms with van der Waals surface area (Å²) in [5.74, 6) is 0.607. The maximum atomic E-state index is 12.7. The first-order valence-electron chi connectivity index (χ1n) is 10.8. The molecule has 1 N–H and O–H groups in total. The molecule has 31 heavy (non-hydrogen) atoms. The maximum Gasteiger partial charge on any atom is 0.268 e. The van der Waals surface area contributed by atoms with E-state index in [9.17, 15) is 9.59 Å². The first-order valence-corrected chi connectivity index (χ1v) is 11.6. The average Bonchev–Trinajstić information content (AvgIpc) is 3.55. The fraction of sp³-hybridized carbons (Fsp3) is 0.391. The number of nitrogens with one attached hydrogen (secondary N) is 1. The van der Waals surface area contributed by atoms with Gasteiger partial charge in [-0.05, 0) is 36.4 Å². The summed E-state index contributed by atoms with van der Waals surface area (Å²) in [6.45, 7) is 0.396. The van der Waals surface area contributed by atoms with Crippen LogP contribution in [-0.4, -0.2) is 34.5 Å². The molecule has 8 heteroatoms. The second-order valence-electron chi connectivity index (χ2n) is 8.20. The minimum Gasteiger partial charge on any atom is -0.353 e. The van der Waals surface area contributed by atoms with E-state index in [1.807, 2.05) is 41.8 Å². The quantitative estimate of drug-likeness (QED) is 0.645. The minimum atomic E-state index is -0.311. The third-order valence-electron chi connectivity index (χ3n) is 6.02. The minimum absolute atomic E-state index is 0.00216. The zero-order valence-corrected chi connectivity index (χ0v) is 17.9. The Balaban J connectivity index is 1.29. The number of nitrogens with zero attached hydrogens (tertiary/aromatic N) is 3. The molecule has 1 saturated carbocycles. The average molecular weight is 437 g/mol. The van der Waals surface area contributed by atoms with E-state index in [1.165, 1.54) is 17.8 Å². The molecule has 2 aliphatic rings. The van der Waals surface area contributed by atoms with Crippen LogP contribution < -0.4 is 10.2 Å². The highest BCUT2D eigenvalue weighted by Crippen LogP contribution is 2.30. The highest BCUT2D eigenvalue weighted by atomic mass is 32.1. The Morgan fingerprint density at radius 3 is 2.84 bits per heavy atom. The number of hydrogen-bond acceptors (Lipinski definition) is 6. The normalized spacial score (nSPS) is 19.7. The lowest BCUT2D eigenvalue weighted by Crippen LogP contribution is -2.40. The Bertz CT molecular complexity index is 1070. The highest BCUT2D eigenvalue weighted by molar-refractivity contribution is 7.13. The molecule has 1 saturated heterocycles. The van der Waals surface area contributed by atoms with Crippen molar-refractivity contribution in [2.45, 2.75) is 44.6 Å². The molecule has 1 aliphatic heterocycles. The third kappa shape index (κ3) is 4.25. The van der Waals surface area contributed by atoms with Gasteiger partial charge in [0.2, 0.25) is 17.6 Å². The topological polar surface area (TPSA) is 88.3 Å². The second kappa shape index (κ2) is 8.63. The van der Waals surface area contributed by atoms with Gasteiger partial charge in [0.15, 0.2) is 0 Å². The van der Waals surface area contributed by atoms with Crippen molar-refractivity contribution in [1.82, 2.24) is 15.5 Å². The first-order chi connectivity index (χ1) is 15.2. The Morgan fingerprint density at radius 2 is 2.03 bits per heavy atom. The van der Waals surface area contributed by atoms with Gasteiger partial charge >= 0.3 is 0 Å². The fourth-order valence-electron chi connectivity index (χ4n) is 4.35. The maximum absolute atomic E-state index is 12.7. The van der Waals surface area contributed by atoms with Crippen LogP contribution in [0.5, 0.6) is 0 Å². The lowest BCUT2D eigenvalue weighted by molar-refractivity contribution is -0.127. The summed E-state index contributed by atoms with van der Waals surface area (Å²) in [5, 5.41) is 9.21. The van der Waals surface area contributed by atoms with E-state index < -0.39 is 0 Å². The zero-order valence-electron chi connectivity index (χ0n) is 17.1. The summed E-state index contributed by atoms with van der Waals surface area (Å²) >= 11 is 1.54. The summed E-state index contributed by atoms with van der Waals surface area (Å²) in [6.07, 6.45) is 5.89. The van der Waals surface area contributed by atoms with E-state index in [4.69, 9.17) is 4.52 Å². The molecule has 2 fully saturated rings. The molecule has 0 unspecified atom stereocenters. The van der Waals surface area contributed by atoms with Crippen molar-refractivity contribution in [3.8, 4) is 22.2 Å². The van der Waals surface area contributed by atoms with Crippen molar-refractivity contribution in [2.75, 3.05) is 11.4 Å². The van der Waals surface area contributed by atoms with E-state index >= 15 is 0 Å². The van der Waals surface area contributed by atoms with Crippen LogP contribution in [0.4, 0.5) is 5.69 Å². The van der Waals surface area contributed by atoms with Gasteiger partial charge in [0.05, 0.1) is 10.8 Å². The first kappa shape index (κ1) is 19.9. The third-order valence-corrected chi connectivity index (χ3v) is 6.88. The number of amides is 2. The molecular formula is C23H24N4O3S. The molecule has 7 nitrogen and oxygen atoms in total. The predicted octanol–water partition coefficient (Wildman–Crippen LogP) is 4.27. The van der Waals surface area contributed by atoms with Crippen LogP contribution in [0.2, 0.25) is 0 Å². The van der Waals surface area contributed by atoms with Crippen molar-refractivity contribution in [1.29, 1.82) is 0 Å². The number of thiophene rings is 1. The van der Waals surface area contributed by atoms with Crippen molar-refractivity contribution in [3.63, 3.8) is 0 Å². The Morgan fingerprint density at radius 1 is 1.16 bits per heavy atom. The molecule has 160 valence electrons. The lowest BCUT2D eigenvalue weighted by Gasteiger charge is -2.24. The molecule has 3 heterocycles. The Kier molecular flexibility index (Phi) is 5.55. The van der Waals surface area contributed by atoms with Gasteiger partial charge in [-0.15, -0.1) is 11.3 Å². The van der Waals surface area contributed by atoms with Crippen LogP contribution in [0.15, 0.2) is 46.3 Å². The Labute approximate surface area is 184 Å². The number of rotatable bonds is 5. The summed E-state index contributed by atoms with van der Waals surface area (Å²) in [5.41, 5.74) is 1.52. The zero-order chi connectivity index (χ0) is 21.2. The Hall–Kier alpha value is -3.00. The van der Waals surface area contributed by atoms with E-state index in [-0.39, 0.29) is 30.2 Å². The molecule has 0 radical (unpaired) electrons. The fourth-order valence-corrected chi connectivity index (χ4v) is 5.00. The monoisotopic (exact) mass is 436 g/mol. The van der Waals surface area contributed by atoms with Gasteiger partial charge in [0.25, 0.3) is 5.89 Å². The number of carbonyl (C=O) groups excluding carboxylic acids is 2. The van der Waals surface area contributed by atoms with Crippen molar-refractivity contribution < 1.29 is 14.1 Å². The van der Waals surface area contributed by atoms with E-state index in [0.717, 1.165) is 41.8 Å². The molecule has 1 aromatic carbocycles. The van der Waals surface area contributed by atoms with Gasteiger partial charge < -0.3 is 14.7 Å². The van der Waals surface area contributed by atoms with Gasteiger partial charge in [0, 0.05) is 30.3 Å². The molecule has 2 aromatic heterocycles. The van der Waals surface area contributed by atoms with Crippen LogP contribution in [0.1, 0.15) is 38.5 Å². The van der Waals surface area contributed by atoms with Crippen LogP contribution in [0.25, 0.3) is 22.2 Å². The number of benzene rings is 1. The number of hydrogen-bond donors (Lipinski definition) is 1. The van der Waals surface area contributed by atoms with Crippen molar-refractivity contribution in [3.05, 3.63) is 41.8 Å². The van der Waals surface area contributed by atoms with E-state index in [0.29, 0.717) is 18.3 Å². The number of aromatic nitrogens is 2. The molecule has 1 atom stereocenters. The number of anilines is 1. The largest absolute Gasteiger partial charge is 0.353 e. The van der Waals surface area contributed by atoms with Crippen LogP contribution in [0, 0.1) is 5.92 Å². The van der Waals surface area contributed by atoms with Crippen molar-refractivity contribution >= 4 is 28.8 Å². The molecule has 0 spiro atoms. The highest BCUT2D eigenvalue weighted by Gasteiger charge is 2.36. The van der Waals surface area contributed by atoms with Gasteiger partial charge in [-0.3, -0.25) is 9.59 Å². The summed E-state index contributed by atoms with van der Waals surface area (Å²) in [7, 11) is 0. The molecule has 1 aliphatic carbocycles. The second-order valence-corrected chi connectivity index (χ2v) is 9.15. The number of carbonyl (C=O) groups is 2. The predicted molar refractivity (Wildman–Crippen MR) is 119 cm³/mol. The van der Waals surface area contributed by atoms with Gasteiger partial charge in [-0.2, -0.15) is 4.98 Å². The lowest BCUT2D eigenvalue weighted by atomic mass is 9.95. The SMILES string of the molecule is O=C(NC1CCCCC1)[C@H]1CC(=O)N(c2cccc(-c3noc(-c4cccs4)n3)c2)C1. The van der Waals surface area contributed by atoms with Crippen LogP contribution in [0.3, 0.4) is 0 Å². The van der Waals surface area contributed by atoms with E-state index in [1.54, 1.807) is 4.90 Å². The smallest absolute Gasteiger partial charge is 0.268 e.